The van der Waals surface area contributed by atoms with Gasteiger partial charge in [0.25, 0.3) is 0 Å². The first kappa shape index (κ1) is 21.7. The van der Waals surface area contributed by atoms with Crippen LogP contribution in [0.15, 0.2) is 23.8 Å². The Hall–Kier alpha value is -2.58. The van der Waals surface area contributed by atoms with Gasteiger partial charge < -0.3 is 29.2 Å². The van der Waals surface area contributed by atoms with Crippen LogP contribution in [0, 0.1) is 0 Å². The van der Waals surface area contributed by atoms with Crippen molar-refractivity contribution in [1.29, 1.82) is 0 Å². The molecule has 0 aliphatic heterocycles. The Bertz CT molecular complexity index is 745. The van der Waals surface area contributed by atoms with Gasteiger partial charge in [-0.2, -0.15) is 0 Å². The van der Waals surface area contributed by atoms with E-state index in [1.807, 2.05) is 19.9 Å². The second-order valence-electron chi connectivity index (χ2n) is 6.03. The van der Waals surface area contributed by atoms with E-state index in [2.05, 4.69) is 0 Å². The summed E-state index contributed by atoms with van der Waals surface area (Å²) >= 11 is 0. The Labute approximate surface area is 163 Å². The fourth-order valence-electron chi connectivity index (χ4n) is 3.67. The SMILES string of the molecule is CCOC(OCC)C1=C(CC)c2c(CC)cccc2C1(OC(=O)O)OC(=O)O. The molecular weight excluding hydrogens is 368 g/mol. The summed E-state index contributed by atoms with van der Waals surface area (Å²) in [4.78, 5) is 23.2. The first-order chi connectivity index (χ1) is 13.4. The zero-order chi connectivity index (χ0) is 20.9. The molecule has 0 atom stereocenters. The first-order valence-corrected chi connectivity index (χ1v) is 9.29. The average Bonchev–Trinajstić information content (AvgIpc) is 2.89. The van der Waals surface area contributed by atoms with Gasteiger partial charge in [0.2, 0.25) is 0 Å². The number of fused-ring (bicyclic) bond motifs is 1. The van der Waals surface area contributed by atoms with Crippen molar-refractivity contribution in [3.05, 3.63) is 40.5 Å². The van der Waals surface area contributed by atoms with Crippen LogP contribution in [0.25, 0.3) is 5.57 Å². The highest BCUT2D eigenvalue weighted by atomic mass is 16.8. The van der Waals surface area contributed by atoms with Crippen LogP contribution in [-0.4, -0.2) is 42.0 Å². The molecule has 2 rings (SSSR count). The summed E-state index contributed by atoms with van der Waals surface area (Å²) in [5.74, 6) is -2.20. The molecule has 1 aliphatic rings. The maximum Gasteiger partial charge on any atom is 0.509 e. The normalized spacial score (nSPS) is 14.9. The number of allylic oxidation sites excluding steroid dienone is 1. The van der Waals surface area contributed by atoms with E-state index in [4.69, 9.17) is 18.9 Å². The van der Waals surface area contributed by atoms with Gasteiger partial charge in [0.05, 0.1) is 5.57 Å². The molecule has 1 aromatic rings. The van der Waals surface area contributed by atoms with Crippen LogP contribution < -0.4 is 0 Å². The van der Waals surface area contributed by atoms with Gasteiger partial charge >= 0.3 is 18.1 Å². The molecule has 0 spiro atoms. The van der Waals surface area contributed by atoms with Crippen molar-refractivity contribution >= 4 is 17.9 Å². The van der Waals surface area contributed by atoms with Gasteiger partial charge in [-0.15, -0.1) is 0 Å². The van der Waals surface area contributed by atoms with Gasteiger partial charge in [-0.25, -0.2) is 9.59 Å². The smallest absolute Gasteiger partial charge is 0.450 e. The van der Waals surface area contributed by atoms with Crippen LogP contribution >= 0.6 is 0 Å². The Morgan fingerprint density at radius 3 is 1.96 bits per heavy atom. The number of carboxylic acid groups (broad SMARTS) is 2. The molecule has 0 saturated heterocycles. The minimum Gasteiger partial charge on any atom is -0.450 e. The van der Waals surface area contributed by atoms with Crippen LogP contribution in [0.4, 0.5) is 9.59 Å². The molecule has 0 fully saturated rings. The van der Waals surface area contributed by atoms with Crippen molar-refractivity contribution in [1.82, 2.24) is 0 Å². The molecule has 1 aromatic carbocycles. The average molecular weight is 394 g/mol. The van der Waals surface area contributed by atoms with E-state index in [0.717, 1.165) is 11.1 Å². The maximum absolute atomic E-state index is 11.6. The molecule has 0 heterocycles. The summed E-state index contributed by atoms with van der Waals surface area (Å²) < 4.78 is 21.7. The van der Waals surface area contributed by atoms with Gasteiger partial charge in [-0.1, -0.05) is 32.0 Å². The Morgan fingerprint density at radius 1 is 0.964 bits per heavy atom. The minimum absolute atomic E-state index is 0.208. The van der Waals surface area contributed by atoms with E-state index >= 15 is 0 Å². The lowest BCUT2D eigenvalue weighted by molar-refractivity contribution is -0.198. The molecule has 0 saturated carbocycles. The summed E-state index contributed by atoms with van der Waals surface area (Å²) in [5, 5.41) is 18.8. The van der Waals surface area contributed by atoms with Gasteiger partial charge in [-0.05, 0) is 43.4 Å². The topological polar surface area (TPSA) is 112 Å². The summed E-state index contributed by atoms with van der Waals surface area (Å²) in [6.07, 6.45) is -3.24. The number of carbonyl (C=O) groups is 2. The molecule has 0 amide bonds. The number of rotatable bonds is 9. The second-order valence-corrected chi connectivity index (χ2v) is 6.03. The van der Waals surface area contributed by atoms with Crippen molar-refractivity contribution in [3.8, 4) is 0 Å². The molecule has 2 N–H and O–H groups in total. The summed E-state index contributed by atoms with van der Waals surface area (Å²) in [7, 11) is 0. The monoisotopic (exact) mass is 394 g/mol. The highest BCUT2D eigenvalue weighted by molar-refractivity contribution is 5.83. The van der Waals surface area contributed by atoms with Crippen LogP contribution in [0.1, 0.15) is 50.8 Å². The van der Waals surface area contributed by atoms with Crippen molar-refractivity contribution in [3.63, 3.8) is 0 Å². The predicted molar refractivity (Wildman–Crippen MR) is 100.0 cm³/mol. The number of benzene rings is 1. The van der Waals surface area contributed by atoms with Crippen molar-refractivity contribution in [2.24, 2.45) is 0 Å². The molecule has 1 aliphatic carbocycles. The zero-order valence-corrected chi connectivity index (χ0v) is 16.5. The van der Waals surface area contributed by atoms with Crippen molar-refractivity contribution < 1.29 is 38.7 Å². The third-order valence-electron chi connectivity index (χ3n) is 4.56. The lowest BCUT2D eigenvalue weighted by atomic mass is 9.95. The molecule has 28 heavy (non-hydrogen) atoms. The van der Waals surface area contributed by atoms with E-state index in [1.54, 1.807) is 26.0 Å². The largest absolute Gasteiger partial charge is 0.509 e. The van der Waals surface area contributed by atoms with Crippen LogP contribution in [-0.2, 0) is 31.2 Å². The first-order valence-electron chi connectivity index (χ1n) is 9.29. The third-order valence-corrected chi connectivity index (χ3v) is 4.56. The fraction of sp³-hybridized carbons (Fsp3) is 0.500. The van der Waals surface area contributed by atoms with E-state index in [0.29, 0.717) is 24.0 Å². The highest BCUT2D eigenvalue weighted by Crippen LogP contribution is 2.52. The van der Waals surface area contributed by atoms with Gasteiger partial charge in [-0.3, -0.25) is 0 Å². The maximum atomic E-state index is 11.6. The second kappa shape index (κ2) is 9.07. The minimum atomic E-state index is -2.20. The molecule has 0 radical (unpaired) electrons. The summed E-state index contributed by atoms with van der Waals surface area (Å²) in [6.45, 7) is 7.89. The Morgan fingerprint density at radius 2 is 1.54 bits per heavy atom. The number of hydrogen-bond acceptors (Lipinski definition) is 6. The number of ether oxygens (including phenoxy) is 4. The molecule has 0 unspecified atom stereocenters. The summed E-state index contributed by atoms with van der Waals surface area (Å²) in [6, 6.07) is 5.23. The molecular formula is C20H26O8. The zero-order valence-electron chi connectivity index (χ0n) is 16.5. The predicted octanol–water partition coefficient (Wildman–Crippen LogP) is 4.37. The van der Waals surface area contributed by atoms with E-state index in [-0.39, 0.29) is 18.8 Å². The van der Waals surface area contributed by atoms with Crippen molar-refractivity contribution in [2.45, 2.75) is 52.6 Å². The van der Waals surface area contributed by atoms with Crippen LogP contribution in [0.2, 0.25) is 0 Å². The fourth-order valence-corrected chi connectivity index (χ4v) is 3.67. The molecule has 154 valence electrons. The lowest BCUT2D eigenvalue weighted by Gasteiger charge is -2.33. The standard InChI is InChI=1S/C20H26O8/c1-5-12-10-9-11-14-15(12)13(6-2)16(17(25-7-3)26-8-4)20(14,27-18(21)22)28-19(23)24/h9-11,17H,5-8H2,1-4H3,(H,21,22)(H,23,24). The van der Waals surface area contributed by atoms with E-state index in [1.165, 1.54) is 0 Å². The van der Waals surface area contributed by atoms with Crippen LogP contribution in [0.3, 0.4) is 0 Å². The lowest BCUT2D eigenvalue weighted by Crippen LogP contribution is -2.42. The molecule has 0 bridgehead atoms. The Balaban J connectivity index is 2.89. The Kier molecular flexibility index (Phi) is 7.04. The third kappa shape index (κ3) is 3.83. The molecule has 8 heteroatoms. The quantitative estimate of drug-likeness (QED) is 0.469. The van der Waals surface area contributed by atoms with Crippen LogP contribution in [0.5, 0.6) is 0 Å². The van der Waals surface area contributed by atoms with E-state index < -0.39 is 24.4 Å². The molecule has 8 nitrogen and oxygen atoms in total. The molecule has 0 aromatic heterocycles. The van der Waals surface area contributed by atoms with Gasteiger partial charge in [0, 0.05) is 18.8 Å². The number of hydrogen-bond donors (Lipinski definition) is 2. The van der Waals surface area contributed by atoms with Gasteiger partial charge in [0.15, 0.2) is 6.29 Å². The summed E-state index contributed by atoms with van der Waals surface area (Å²) in [5.41, 5.74) is 2.85. The van der Waals surface area contributed by atoms with Gasteiger partial charge in [0.1, 0.15) is 0 Å². The van der Waals surface area contributed by atoms with E-state index in [9.17, 15) is 19.8 Å². The van der Waals surface area contributed by atoms with Crippen molar-refractivity contribution in [2.75, 3.05) is 13.2 Å². The number of aryl methyl sites for hydroxylation is 1. The highest BCUT2D eigenvalue weighted by Gasteiger charge is 2.56.